The molecule has 1 N–H and O–H groups in total. The quantitative estimate of drug-likeness (QED) is 0.867. The summed E-state index contributed by atoms with van der Waals surface area (Å²) in [7, 11) is 1.96. The van der Waals surface area contributed by atoms with Gasteiger partial charge in [-0.2, -0.15) is 0 Å². The lowest BCUT2D eigenvalue weighted by atomic mass is 10.4. The van der Waals surface area contributed by atoms with Crippen molar-refractivity contribution in [2.75, 3.05) is 7.05 Å². The van der Waals surface area contributed by atoms with Crippen LogP contribution in [0.25, 0.3) is 9.88 Å². The molecule has 0 radical (unpaired) electrons. The summed E-state index contributed by atoms with van der Waals surface area (Å²) in [4.78, 5) is 7.15. The van der Waals surface area contributed by atoms with Gasteiger partial charge in [-0.15, -0.1) is 22.7 Å². The fourth-order valence-corrected chi connectivity index (χ4v) is 3.13. The average molecular weight is 224 g/mol. The van der Waals surface area contributed by atoms with Crippen LogP contribution in [-0.4, -0.2) is 12.0 Å². The molecule has 74 valence electrons. The van der Waals surface area contributed by atoms with Gasteiger partial charge in [0, 0.05) is 11.4 Å². The number of hydrogen-bond donors (Lipinski definition) is 1. The van der Waals surface area contributed by atoms with E-state index in [1.807, 2.05) is 7.05 Å². The molecule has 0 aliphatic rings. The normalized spacial score (nSPS) is 10.7. The molecule has 0 aliphatic carbocycles. The van der Waals surface area contributed by atoms with E-state index in [1.165, 1.54) is 9.75 Å². The number of rotatable bonds is 3. The van der Waals surface area contributed by atoms with Gasteiger partial charge < -0.3 is 5.32 Å². The van der Waals surface area contributed by atoms with Crippen LogP contribution in [-0.2, 0) is 6.54 Å². The minimum absolute atomic E-state index is 0.912. The molecule has 0 fully saturated rings. The lowest BCUT2D eigenvalue weighted by Gasteiger charge is -1.93. The molecule has 2 nitrogen and oxygen atoms in total. The van der Waals surface area contributed by atoms with E-state index >= 15 is 0 Å². The molecule has 0 unspecified atom stereocenters. The fraction of sp³-hybridized carbons (Fsp3) is 0.300. The Bertz CT molecular complexity index is 404. The van der Waals surface area contributed by atoms with Gasteiger partial charge >= 0.3 is 0 Å². The van der Waals surface area contributed by atoms with E-state index in [0.29, 0.717) is 0 Å². The summed E-state index contributed by atoms with van der Waals surface area (Å²) in [5.74, 6) is 0. The van der Waals surface area contributed by atoms with Crippen LogP contribution in [0.3, 0.4) is 0 Å². The summed E-state index contributed by atoms with van der Waals surface area (Å²) in [6, 6.07) is 4.18. The van der Waals surface area contributed by atoms with Crippen LogP contribution in [0.15, 0.2) is 17.5 Å². The van der Waals surface area contributed by atoms with E-state index in [-0.39, 0.29) is 0 Å². The summed E-state index contributed by atoms with van der Waals surface area (Å²) < 4.78 is 0. The topological polar surface area (TPSA) is 24.9 Å². The Labute approximate surface area is 91.6 Å². The van der Waals surface area contributed by atoms with Crippen molar-refractivity contribution in [1.82, 2.24) is 10.3 Å². The highest BCUT2D eigenvalue weighted by molar-refractivity contribution is 7.21. The van der Waals surface area contributed by atoms with Gasteiger partial charge in [-0.3, -0.25) is 0 Å². The molecule has 0 aromatic carbocycles. The Hall–Kier alpha value is -0.710. The zero-order chi connectivity index (χ0) is 9.97. The zero-order valence-electron chi connectivity index (χ0n) is 8.20. The third kappa shape index (κ3) is 1.87. The SMILES string of the molecule is CNCc1sc(-c2cccs2)nc1C. The van der Waals surface area contributed by atoms with Crippen molar-refractivity contribution in [2.45, 2.75) is 13.5 Å². The number of thiophene rings is 1. The Morgan fingerprint density at radius 1 is 1.50 bits per heavy atom. The maximum atomic E-state index is 4.56. The minimum atomic E-state index is 0.912. The summed E-state index contributed by atoms with van der Waals surface area (Å²) in [5, 5.41) is 6.39. The van der Waals surface area contributed by atoms with Gasteiger partial charge in [0.2, 0.25) is 0 Å². The molecule has 0 saturated carbocycles. The molecule has 2 aromatic heterocycles. The van der Waals surface area contributed by atoms with Crippen molar-refractivity contribution < 1.29 is 0 Å². The van der Waals surface area contributed by atoms with E-state index in [2.05, 4.69) is 34.7 Å². The Morgan fingerprint density at radius 2 is 2.36 bits per heavy atom. The van der Waals surface area contributed by atoms with Gasteiger partial charge in [-0.1, -0.05) is 6.07 Å². The summed E-state index contributed by atoms with van der Waals surface area (Å²) >= 11 is 3.52. The van der Waals surface area contributed by atoms with Crippen molar-refractivity contribution in [3.05, 3.63) is 28.1 Å². The maximum Gasteiger partial charge on any atom is 0.133 e. The van der Waals surface area contributed by atoms with Gasteiger partial charge in [0.15, 0.2) is 0 Å². The summed E-state index contributed by atoms with van der Waals surface area (Å²) in [6.45, 7) is 2.98. The number of hydrogen-bond acceptors (Lipinski definition) is 4. The molecule has 0 aliphatic heterocycles. The smallest absolute Gasteiger partial charge is 0.133 e. The summed E-state index contributed by atoms with van der Waals surface area (Å²) in [6.07, 6.45) is 0. The maximum absolute atomic E-state index is 4.56. The molecule has 14 heavy (non-hydrogen) atoms. The Kier molecular flexibility index (Phi) is 2.96. The highest BCUT2D eigenvalue weighted by atomic mass is 32.1. The highest BCUT2D eigenvalue weighted by Gasteiger charge is 2.08. The summed E-state index contributed by atoms with van der Waals surface area (Å²) in [5.41, 5.74) is 1.15. The van der Waals surface area contributed by atoms with Gasteiger partial charge in [0.1, 0.15) is 5.01 Å². The fourth-order valence-electron chi connectivity index (χ4n) is 1.26. The van der Waals surface area contributed by atoms with Crippen LogP contribution in [0.2, 0.25) is 0 Å². The molecule has 0 saturated heterocycles. The largest absolute Gasteiger partial charge is 0.315 e. The zero-order valence-corrected chi connectivity index (χ0v) is 9.84. The van der Waals surface area contributed by atoms with Crippen LogP contribution >= 0.6 is 22.7 Å². The highest BCUT2D eigenvalue weighted by Crippen LogP contribution is 2.30. The molecule has 0 amide bonds. The van der Waals surface area contributed by atoms with Crippen molar-refractivity contribution in [3.8, 4) is 9.88 Å². The number of aromatic nitrogens is 1. The second-order valence-corrected chi connectivity index (χ2v) is 5.07. The second-order valence-electron chi connectivity index (χ2n) is 3.04. The molecular weight excluding hydrogens is 212 g/mol. The molecule has 2 heterocycles. The average Bonchev–Trinajstić information content (AvgIpc) is 2.76. The second kappa shape index (κ2) is 4.21. The predicted octanol–water partition coefficient (Wildman–Crippen LogP) is 2.90. The number of aryl methyl sites for hydroxylation is 1. The van der Waals surface area contributed by atoms with Crippen molar-refractivity contribution in [3.63, 3.8) is 0 Å². The molecular formula is C10H12N2S2. The Morgan fingerprint density at radius 3 is 3.00 bits per heavy atom. The molecule has 0 bridgehead atoms. The third-order valence-electron chi connectivity index (χ3n) is 1.96. The van der Waals surface area contributed by atoms with E-state index in [4.69, 9.17) is 0 Å². The predicted molar refractivity (Wildman–Crippen MR) is 62.9 cm³/mol. The first-order valence-corrected chi connectivity index (χ1v) is 6.15. The first-order chi connectivity index (χ1) is 6.81. The molecule has 4 heteroatoms. The van der Waals surface area contributed by atoms with Crippen LogP contribution < -0.4 is 5.32 Å². The lowest BCUT2D eigenvalue weighted by molar-refractivity contribution is 0.823. The molecule has 0 spiro atoms. The minimum Gasteiger partial charge on any atom is -0.315 e. The lowest BCUT2D eigenvalue weighted by Crippen LogP contribution is -2.04. The molecule has 2 aromatic rings. The van der Waals surface area contributed by atoms with E-state index in [0.717, 1.165) is 17.2 Å². The Balaban J connectivity index is 2.33. The van der Waals surface area contributed by atoms with Crippen molar-refractivity contribution >= 4 is 22.7 Å². The van der Waals surface area contributed by atoms with Gasteiger partial charge in [-0.05, 0) is 25.4 Å². The van der Waals surface area contributed by atoms with Gasteiger partial charge in [-0.25, -0.2) is 4.98 Å². The van der Waals surface area contributed by atoms with Crippen LogP contribution in [0.5, 0.6) is 0 Å². The first-order valence-electron chi connectivity index (χ1n) is 4.46. The number of nitrogens with one attached hydrogen (secondary N) is 1. The van der Waals surface area contributed by atoms with Crippen LogP contribution in [0, 0.1) is 6.92 Å². The third-order valence-corrected chi connectivity index (χ3v) is 4.16. The standard InChI is InChI=1S/C10H12N2S2/c1-7-9(6-11-2)14-10(12-7)8-4-3-5-13-8/h3-5,11H,6H2,1-2H3. The van der Waals surface area contributed by atoms with E-state index in [1.54, 1.807) is 22.7 Å². The van der Waals surface area contributed by atoms with E-state index < -0.39 is 0 Å². The van der Waals surface area contributed by atoms with Crippen molar-refractivity contribution in [2.24, 2.45) is 0 Å². The van der Waals surface area contributed by atoms with Gasteiger partial charge in [0.25, 0.3) is 0 Å². The number of nitrogens with zero attached hydrogens (tertiary/aromatic N) is 1. The van der Waals surface area contributed by atoms with Crippen molar-refractivity contribution in [1.29, 1.82) is 0 Å². The van der Waals surface area contributed by atoms with Crippen LogP contribution in [0.4, 0.5) is 0 Å². The first kappa shape index (κ1) is 9.83. The van der Waals surface area contributed by atoms with Gasteiger partial charge in [0.05, 0.1) is 10.6 Å². The number of thiazole rings is 1. The molecule has 0 atom stereocenters. The van der Waals surface area contributed by atoms with E-state index in [9.17, 15) is 0 Å². The monoisotopic (exact) mass is 224 g/mol. The molecule has 2 rings (SSSR count). The van der Waals surface area contributed by atoms with Crippen LogP contribution in [0.1, 0.15) is 10.6 Å².